The molecule has 0 atom stereocenters. The van der Waals surface area contributed by atoms with Gasteiger partial charge in [-0.1, -0.05) is 35.2 Å². The molecule has 4 aromatic rings. The molecular weight excluding hydrogens is 356 g/mol. The van der Waals surface area contributed by atoms with E-state index in [9.17, 15) is 4.79 Å². The van der Waals surface area contributed by atoms with Crippen molar-refractivity contribution >= 4 is 38.3 Å². The first-order valence-electron chi connectivity index (χ1n) is 7.94. The van der Waals surface area contributed by atoms with Crippen LogP contribution < -0.4 is 11.4 Å². The highest BCUT2D eigenvalue weighted by atomic mass is 32.2. The van der Waals surface area contributed by atoms with Gasteiger partial charge in [-0.25, -0.2) is 9.66 Å². The summed E-state index contributed by atoms with van der Waals surface area (Å²) in [6.45, 7) is 0. The molecule has 3 heterocycles. The number of benzene rings is 1. The zero-order valence-corrected chi connectivity index (χ0v) is 14.8. The van der Waals surface area contributed by atoms with Crippen molar-refractivity contribution in [3.63, 3.8) is 0 Å². The average Bonchev–Trinajstić information content (AvgIpc) is 3.27. The summed E-state index contributed by atoms with van der Waals surface area (Å²) < 4.78 is 4.27. The smallest absolute Gasteiger partial charge is 0.259 e. The van der Waals surface area contributed by atoms with E-state index in [1.807, 2.05) is 24.3 Å². The Hall–Kier alpha value is -2.39. The fraction of sp³-hybridized carbons (Fsp3) is 0.250. The molecule has 0 amide bonds. The first kappa shape index (κ1) is 14.9. The third kappa shape index (κ3) is 2.50. The molecule has 1 aliphatic carbocycles. The maximum atomic E-state index is 12.5. The second-order valence-corrected chi connectivity index (χ2v) is 8.00. The summed E-state index contributed by atoms with van der Waals surface area (Å²) in [6.07, 6.45) is 2.25. The van der Waals surface area contributed by atoms with Crippen molar-refractivity contribution < 1.29 is 0 Å². The molecule has 0 saturated heterocycles. The van der Waals surface area contributed by atoms with E-state index in [0.717, 1.165) is 34.6 Å². The lowest BCUT2D eigenvalue weighted by Gasteiger charge is -2.03. The van der Waals surface area contributed by atoms with Gasteiger partial charge in [0.05, 0.1) is 15.9 Å². The lowest BCUT2D eigenvalue weighted by molar-refractivity contribution is 0.789. The topological polar surface area (TPSA) is 91.1 Å². The third-order valence-electron chi connectivity index (χ3n) is 4.23. The first-order chi connectivity index (χ1) is 12.2. The second-order valence-electron chi connectivity index (χ2n) is 6.05. The summed E-state index contributed by atoms with van der Waals surface area (Å²) in [5, 5.41) is 8.98. The van der Waals surface area contributed by atoms with Crippen LogP contribution in [0.15, 0.2) is 40.3 Å². The predicted octanol–water partition coefficient (Wildman–Crippen LogP) is 2.38. The van der Waals surface area contributed by atoms with Gasteiger partial charge in [0.15, 0.2) is 10.8 Å². The van der Waals surface area contributed by atoms with Gasteiger partial charge in [0.2, 0.25) is 5.16 Å². The fourth-order valence-corrected chi connectivity index (χ4v) is 4.65. The summed E-state index contributed by atoms with van der Waals surface area (Å²) in [7, 11) is 0. The van der Waals surface area contributed by atoms with Gasteiger partial charge in [-0.05, 0) is 25.0 Å². The first-order valence-corrected chi connectivity index (χ1v) is 9.74. The lowest BCUT2D eigenvalue weighted by Crippen LogP contribution is -2.14. The number of hydrogen-bond donors (Lipinski definition) is 1. The van der Waals surface area contributed by atoms with E-state index < -0.39 is 0 Å². The van der Waals surface area contributed by atoms with Crippen LogP contribution in [0.5, 0.6) is 0 Å². The summed E-state index contributed by atoms with van der Waals surface area (Å²) in [6, 6.07) is 9.41. The molecule has 0 aliphatic heterocycles. The molecule has 2 N–H and O–H groups in total. The molecule has 1 aromatic carbocycles. The maximum absolute atomic E-state index is 12.5. The van der Waals surface area contributed by atoms with Crippen molar-refractivity contribution in [2.45, 2.75) is 29.7 Å². The van der Waals surface area contributed by atoms with Crippen LogP contribution >= 0.6 is 23.1 Å². The Morgan fingerprint density at radius 2 is 2.12 bits per heavy atom. The molecule has 25 heavy (non-hydrogen) atoms. The van der Waals surface area contributed by atoms with Gasteiger partial charge in [-0.15, -0.1) is 10.2 Å². The molecule has 7 nitrogen and oxygen atoms in total. The monoisotopic (exact) mass is 370 g/mol. The third-order valence-corrected chi connectivity index (χ3v) is 6.23. The van der Waals surface area contributed by atoms with E-state index in [-0.39, 0.29) is 5.56 Å². The summed E-state index contributed by atoms with van der Waals surface area (Å²) >= 11 is 2.96. The number of rotatable bonds is 4. The highest BCUT2D eigenvalue weighted by molar-refractivity contribution is 7.98. The Labute approximate surface area is 150 Å². The van der Waals surface area contributed by atoms with Crippen molar-refractivity contribution in [2.24, 2.45) is 0 Å². The number of fused-ring (bicyclic) bond motifs is 3. The molecule has 0 radical (unpaired) electrons. The number of thiazole rings is 1. The van der Waals surface area contributed by atoms with Gasteiger partial charge < -0.3 is 5.84 Å². The lowest BCUT2D eigenvalue weighted by atomic mass is 10.3. The van der Waals surface area contributed by atoms with Crippen LogP contribution in [-0.2, 0) is 5.75 Å². The standard InChI is InChI=1S/C16H14N6OS2/c17-22-14(9-5-6-9)19-20-16(22)24-8-10-7-13(23)21-11-3-1-2-4-12(11)25-15(21)18-10/h1-4,7,9H,5-6,8,17H2. The zero-order chi connectivity index (χ0) is 17.0. The minimum Gasteiger partial charge on any atom is -0.336 e. The van der Waals surface area contributed by atoms with Gasteiger partial charge >= 0.3 is 0 Å². The summed E-state index contributed by atoms with van der Waals surface area (Å²) in [5.74, 6) is 7.89. The van der Waals surface area contributed by atoms with E-state index in [2.05, 4.69) is 15.2 Å². The van der Waals surface area contributed by atoms with E-state index in [0.29, 0.717) is 21.8 Å². The van der Waals surface area contributed by atoms with Crippen molar-refractivity contribution in [2.75, 3.05) is 5.84 Å². The summed E-state index contributed by atoms with van der Waals surface area (Å²) in [4.78, 5) is 17.9. The number of thioether (sulfide) groups is 1. The number of hydrogen-bond acceptors (Lipinski definition) is 7. The molecule has 9 heteroatoms. The van der Waals surface area contributed by atoms with E-state index in [4.69, 9.17) is 5.84 Å². The Kier molecular flexibility index (Phi) is 3.32. The summed E-state index contributed by atoms with van der Waals surface area (Å²) in [5.41, 5.74) is 1.55. The molecular formula is C16H14N6OS2. The SMILES string of the molecule is Nn1c(SCc2cc(=O)n3c(n2)sc2ccccc23)nnc1C1CC1. The Bertz CT molecular complexity index is 1160. The second kappa shape index (κ2) is 5.57. The van der Waals surface area contributed by atoms with Crippen molar-refractivity contribution in [3.8, 4) is 0 Å². The molecule has 0 bridgehead atoms. The van der Waals surface area contributed by atoms with Crippen LogP contribution in [0.2, 0.25) is 0 Å². The highest BCUT2D eigenvalue weighted by Crippen LogP contribution is 2.39. The molecule has 1 aliphatic rings. The van der Waals surface area contributed by atoms with E-state index in [1.54, 1.807) is 15.1 Å². The van der Waals surface area contributed by atoms with Gasteiger partial charge in [0, 0.05) is 17.7 Å². The van der Waals surface area contributed by atoms with Crippen LogP contribution in [0.1, 0.15) is 30.3 Å². The average molecular weight is 370 g/mol. The van der Waals surface area contributed by atoms with Gasteiger partial charge in [0.25, 0.3) is 5.56 Å². The van der Waals surface area contributed by atoms with Gasteiger partial charge in [-0.3, -0.25) is 9.20 Å². The van der Waals surface area contributed by atoms with Gasteiger partial charge in [0.1, 0.15) is 0 Å². The van der Waals surface area contributed by atoms with Crippen LogP contribution in [-0.4, -0.2) is 24.3 Å². The molecule has 1 fully saturated rings. The number of nitrogens with zero attached hydrogens (tertiary/aromatic N) is 5. The highest BCUT2D eigenvalue weighted by Gasteiger charge is 2.29. The van der Waals surface area contributed by atoms with Crippen LogP contribution in [0.4, 0.5) is 0 Å². The predicted molar refractivity (Wildman–Crippen MR) is 98.6 cm³/mol. The van der Waals surface area contributed by atoms with Crippen molar-refractivity contribution in [1.29, 1.82) is 0 Å². The van der Waals surface area contributed by atoms with Crippen LogP contribution in [0.3, 0.4) is 0 Å². The Balaban J connectivity index is 1.47. The van der Waals surface area contributed by atoms with E-state index in [1.165, 1.54) is 23.1 Å². The molecule has 0 spiro atoms. The van der Waals surface area contributed by atoms with Crippen LogP contribution in [0.25, 0.3) is 15.2 Å². The minimum atomic E-state index is -0.0639. The largest absolute Gasteiger partial charge is 0.336 e. The normalized spacial score (nSPS) is 14.6. The number of para-hydroxylation sites is 1. The molecule has 5 rings (SSSR count). The minimum absolute atomic E-state index is 0.0639. The molecule has 3 aromatic heterocycles. The maximum Gasteiger partial charge on any atom is 0.259 e. The molecule has 1 saturated carbocycles. The fourth-order valence-electron chi connectivity index (χ4n) is 2.84. The number of aromatic nitrogens is 5. The molecule has 0 unspecified atom stereocenters. The zero-order valence-electron chi connectivity index (χ0n) is 13.1. The van der Waals surface area contributed by atoms with Crippen LogP contribution in [0, 0.1) is 0 Å². The Morgan fingerprint density at radius 1 is 1.28 bits per heavy atom. The molecule has 126 valence electrons. The number of nitrogens with two attached hydrogens (primary N) is 1. The van der Waals surface area contributed by atoms with Crippen molar-refractivity contribution in [1.82, 2.24) is 24.3 Å². The number of nitrogen functional groups attached to an aromatic ring is 1. The van der Waals surface area contributed by atoms with Crippen molar-refractivity contribution in [3.05, 3.63) is 52.2 Å². The van der Waals surface area contributed by atoms with Gasteiger partial charge in [-0.2, -0.15) is 0 Å². The Morgan fingerprint density at radius 3 is 2.96 bits per heavy atom. The quantitative estimate of drug-likeness (QED) is 0.438. The van der Waals surface area contributed by atoms with E-state index >= 15 is 0 Å².